The average Bonchev–Trinajstić information content (AvgIpc) is 2.60. The number of hydrogen-bond donors (Lipinski definition) is 3. The Morgan fingerprint density at radius 3 is 2.23 bits per heavy atom. The van der Waals surface area contributed by atoms with Crippen molar-refractivity contribution in [3.05, 3.63) is 0 Å². The van der Waals surface area contributed by atoms with Gasteiger partial charge in [-0.25, -0.2) is 12.7 Å². The van der Waals surface area contributed by atoms with E-state index in [2.05, 4.69) is 15.6 Å². The second kappa shape index (κ2) is 12.4. The summed E-state index contributed by atoms with van der Waals surface area (Å²) in [6, 6.07) is 0.197. The molecule has 0 atom stereocenters. The summed E-state index contributed by atoms with van der Waals surface area (Å²) in [5, 5.41) is 17.0. The Morgan fingerprint density at radius 2 is 1.77 bits per heavy atom. The maximum absolute atomic E-state index is 12.1. The third-order valence-electron chi connectivity index (χ3n) is 4.84. The highest BCUT2D eigenvalue weighted by atomic mass is 127. The van der Waals surface area contributed by atoms with Gasteiger partial charge in [0.2, 0.25) is 10.0 Å². The monoisotopic (exact) mass is 504 g/mol. The summed E-state index contributed by atoms with van der Waals surface area (Å²) < 4.78 is 25.9. The molecule has 0 aliphatic carbocycles. The van der Waals surface area contributed by atoms with Crippen molar-refractivity contribution in [3.8, 4) is 0 Å². The topological polar surface area (TPSA) is 94.0 Å². The van der Waals surface area contributed by atoms with Crippen LogP contribution in [0.25, 0.3) is 0 Å². The van der Waals surface area contributed by atoms with Crippen molar-refractivity contribution in [2.24, 2.45) is 4.99 Å². The first-order valence-corrected chi connectivity index (χ1v) is 11.2. The van der Waals surface area contributed by atoms with Crippen molar-refractivity contribution in [1.29, 1.82) is 0 Å². The van der Waals surface area contributed by atoms with Crippen LogP contribution in [0.1, 0.15) is 59.8 Å². The van der Waals surface area contributed by atoms with Crippen LogP contribution >= 0.6 is 24.0 Å². The molecule has 0 bridgehead atoms. The Labute approximate surface area is 176 Å². The number of aliphatic imine (C=N–C) groups is 1. The van der Waals surface area contributed by atoms with Crippen molar-refractivity contribution >= 4 is 40.0 Å². The van der Waals surface area contributed by atoms with Crippen LogP contribution in [0, 0.1) is 0 Å². The molecule has 1 rings (SSSR count). The molecule has 156 valence electrons. The van der Waals surface area contributed by atoms with Gasteiger partial charge in [-0.3, -0.25) is 4.99 Å². The normalized spacial score (nSPS) is 17.7. The van der Waals surface area contributed by atoms with Gasteiger partial charge in [-0.15, -0.1) is 24.0 Å². The second-order valence-electron chi connectivity index (χ2n) is 6.76. The Balaban J connectivity index is 0.00000625. The highest BCUT2D eigenvalue weighted by Crippen LogP contribution is 2.16. The van der Waals surface area contributed by atoms with E-state index in [-0.39, 0.29) is 35.8 Å². The summed E-state index contributed by atoms with van der Waals surface area (Å²) >= 11 is 0. The third kappa shape index (κ3) is 8.26. The van der Waals surface area contributed by atoms with Crippen LogP contribution in [-0.4, -0.2) is 67.4 Å². The van der Waals surface area contributed by atoms with Crippen LogP contribution in [0.5, 0.6) is 0 Å². The summed E-state index contributed by atoms with van der Waals surface area (Å²) in [6.45, 7) is 10.0. The molecule has 3 N–H and O–H groups in total. The minimum Gasteiger partial charge on any atom is -0.388 e. The lowest BCUT2D eigenvalue weighted by molar-refractivity contribution is 0.0417. The lowest BCUT2D eigenvalue weighted by atomic mass is 9.98. The van der Waals surface area contributed by atoms with Crippen molar-refractivity contribution in [1.82, 2.24) is 14.9 Å². The van der Waals surface area contributed by atoms with Gasteiger partial charge in [-0.1, -0.05) is 20.8 Å². The van der Waals surface area contributed by atoms with E-state index in [9.17, 15) is 13.5 Å². The molecule has 0 aromatic rings. The molecule has 0 aromatic carbocycles. The Hall–Kier alpha value is -0.130. The van der Waals surface area contributed by atoms with E-state index < -0.39 is 15.6 Å². The van der Waals surface area contributed by atoms with Crippen molar-refractivity contribution in [2.75, 3.05) is 31.9 Å². The molecule has 0 spiro atoms. The molecule has 9 heteroatoms. The van der Waals surface area contributed by atoms with Crippen LogP contribution in [0.3, 0.4) is 0 Å². The van der Waals surface area contributed by atoms with Crippen LogP contribution in [0.15, 0.2) is 4.99 Å². The molecule has 1 aliphatic heterocycles. The molecule has 0 amide bonds. The predicted molar refractivity (Wildman–Crippen MR) is 119 cm³/mol. The molecule has 0 radical (unpaired) electrons. The largest absolute Gasteiger partial charge is 0.388 e. The Bertz CT molecular complexity index is 516. The summed E-state index contributed by atoms with van der Waals surface area (Å²) in [6.07, 6.45) is 3.51. The zero-order valence-corrected chi connectivity index (χ0v) is 19.8. The maximum Gasteiger partial charge on any atom is 0.214 e. The fourth-order valence-corrected chi connectivity index (χ4v) is 4.42. The second-order valence-corrected chi connectivity index (χ2v) is 8.85. The van der Waals surface area contributed by atoms with Gasteiger partial charge < -0.3 is 15.7 Å². The molecule has 26 heavy (non-hydrogen) atoms. The predicted octanol–water partition coefficient (Wildman–Crippen LogP) is 1.91. The van der Waals surface area contributed by atoms with Crippen molar-refractivity contribution in [3.63, 3.8) is 0 Å². The van der Waals surface area contributed by atoms with Crippen LogP contribution in [0.2, 0.25) is 0 Å². The van der Waals surface area contributed by atoms with E-state index in [4.69, 9.17) is 0 Å². The standard InChI is InChI=1S/C17H36N4O3S.HI/c1-5-13-25(23,24)21-11-9-15(10-12-21)20-16(18-8-4)19-14-17(22,6-2)7-3;/h15,22H,5-14H2,1-4H3,(H2,18,19,20);1H. The number of halogens is 1. The van der Waals surface area contributed by atoms with Crippen molar-refractivity contribution < 1.29 is 13.5 Å². The molecule has 1 aliphatic rings. The van der Waals surface area contributed by atoms with E-state index >= 15 is 0 Å². The number of piperidine rings is 1. The molecule has 0 unspecified atom stereocenters. The van der Waals surface area contributed by atoms with Crippen LogP contribution < -0.4 is 10.6 Å². The number of hydrogen-bond acceptors (Lipinski definition) is 4. The van der Waals surface area contributed by atoms with Gasteiger partial charge >= 0.3 is 0 Å². The third-order valence-corrected chi connectivity index (χ3v) is 6.92. The number of guanidine groups is 1. The van der Waals surface area contributed by atoms with E-state index in [0.29, 0.717) is 44.9 Å². The molecule has 1 fully saturated rings. The molecule has 0 aromatic heterocycles. The van der Waals surface area contributed by atoms with Gasteiger partial charge in [0.05, 0.1) is 17.9 Å². The van der Waals surface area contributed by atoms with Gasteiger partial charge in [0.25, 0.3) is 0 Å². The van der Waals surface area contributed by atoms with Gasteiger partial charge in [0.15, 0.2) is 5.96 Å². The molecule has 1 saturated heterocycles. The minimum atomic E-state index is -3.11. The molecule has 0 saturated carbocycles. The fraction of sp³-hybridized carbons (Fsp3) is 0.941. The molecular weight excluding hydrogens is 467 g/mol. The van der Waals surface area contributed by atoms with E-state index in [1.807, 2.05) is 27.7 Å². The van der Waals surface area contributed by atoms with E-state index in [1.54, 1.807) is 4.31 Å². The Kier molecular flexibility index (Phi) is 12.3. The molecule has 7 nitrogen and oxygen atoms in total. The number of nitrogens with zero attached hydrogens (tertiary/aromatic N) is 2. The summed E-state index contributed by atoms with van der Waals surface area (Å²) in [5.41, 5.74) is -0.764. The maximum atomic E-state index is 12.1. The van der Waals surface area contributed by atoms with Gasteiger partial charge in [-0.2, -0.15) is 0 Å². The lowest BCUT2D eigenvalue weighted by Crippen LogP contribution is -2.50. The van der Waals surface area contributed by atoms with Crippen molar-refractivity contribution in [2.45, 2.75) is 71.4 Å². The first kappa shape index (κ1) is 25.9. The zero-order chi connectivity index (χ0) is 18.9. The first-order chi connectivity index (χ1) is 11.8. The first-order valence-electron chi connectivity index (χ1n) is 9.55. The number of sulfonamides is 1. The SMILES string of the molecule is CCCS(=O)(=O)N1CCC(NC(=NCC(O)(CC)CC)NCC)CC1.I. The van der Waals surface area contributed by atoms with E-state index in [0.717, 1.165) is 19.4 Å². The lowest BCUT2D eigenvalue weighted by Gasteiger charge is -2.32. The quantitative estimate of drug-likeness (QED) is 0.254. The molecular formula is C17H37IN4O3S. The zero-order valence-electron chi connectivity index (χ0n) is 16.6. The number of aliphatic hydroxyl groups is 1. The van der Waals surface area contributed by atoms with Gasteiger partial charge in [-0.05, 0) is 39.0 Å². The number of rotatable bonds is 9. The number of nitrogens with one attached hydrogen (secondary N) is 2. The smallest absolute Gasteiger partial charge is 0.214 e. The highest BCUT2D eigenvalue weighted by Gasteiger charge is 2.28. The van der Waals surface area contributed by atoms with Crippen LogP contribution in [-0.2, 0) is 10.0 Å². The average molecular weight is 504 g/mol. The fourth-order valence-electron chi connectivity index (χ4n) is 2.88. The summed E-state index contributed by atoms with van der Waals surface area (Å²) in [7, 11) is -3.11. The van der Waals surface area contributed by atoms with Crippen LogP contribution in [0.4, 0.5) is 0 Å². The molecule has 1 heterocycles. The highest BCUT2D eigenvalue weighted by molar-refractivity contribution is 14.0. The summed E-state index contributed by atoms with van der Waals surface area (Å²) in [4.78, 5) is 4.53. The van der Waals surface area contributed by atoms with Gasteiger partial charge in [0, 0.05) is 25.7 Å². The Morgan fingerprint density at radius 1 is 1.19 bits per heavy atom. The minimum absolute atomic E-state index is 0. The summed E-state index contributed by atoms with van der Waals surface area (Å²) in [5.74, 6) is 0.916. The van der Waals surface area contributed by atoms with E-state index in [1.165, 1.54) is 0 Å². The van der Waals surface area contributed by atoms with Gasteiger partial charge in [0.1, 0.15) is 0 Å².